The van der Waals surface area contributed by atoms with Crippen LogP contribution in [-0.4, -0.2) is 67.0 Å². The first-order chi connectivity index (χ1) is 9.97. The number of rotatable bonds is 3. The molecule has 0 aromatic carbocycles. The molecule has 6 nitrogen and oxygen atoms in total. The molecule has 2 rings (SSSR count). The van der Waals surface area contributed by atoms with Gasteiger partial charge in [0.1, 0.15) is 0 Å². The number of aromatic nitrogens is 2. The van der Waals surface area contributed by atoms with Crippen molar-refractivity contribution < 1.29 is 0 Å². The maximum atomic E-state index is 4.68. The minimum Gasteiger partial charge on any atom is -0.349 e. The molecule has 0 bridgehead atoms. The Morgan fingerprint density at radius 3 is 2.33 bits per heavy atom. The molecule has 0 unspecified atom stereocenters. The monoisotopic (exact) mass is 290 g/mol. The van der Waals surface area contributed by atoms with Gasteiger partial charge in [-0.3, -0.25) is 0 Å². The number of nitrogens with zero attached hydrogens (tertiary/aromatic N) is 6. The van der Waals surface area contributed by atoms with Gasteiger partial charge in [-0.25, -0.2) is 15.0 Å². The van der Waals surface area contributed by atoms with Gasteiger partial charge in [-0.2, -0.15) is 0 Å². The van der Waals surface area contributed by atoms with Crippen molar-refractivity contribution in [2.45, 2.75) is 26.3 Å². The Bertz CT molecular complexity index is 493. The highest BCUT2D eigenvalue weighted by atomic mass is 15.3. The minimum absolute atomic E-state index is 0.579. The van der Waals surface area contributed by atoms with Crippen LogP contribution in [0.4, 0.5) is 5.95 Å². The van der Waals surface area contributed by atoms with Crippen LogP contribution in [-0.2, 0) is 6.54 Å². The van der Waals surface area contributed by atoms with E-state index in [2.05, 4.69) is 19.9 Å². The Morgan fingerprint density at radius 1 is 1.14 bits per heavy atom. The fourth-order valence-corrected chi connectivity index (χ4v) is 2.59. The predicted octanol–water partition coefficient (Wildman–Crippen LogP) is 1.36. The van der Waals surface area contributed by atoms with Gasteiger partial charge in [-0.1, -0.05) is 0 Å². The molecule has 1 aromatic heterocycles. The molecule has 2 heterocycles. The molecule has 1 aromatic rings. The molecule has 116 valence electrons. The van der Waals surface area contributed by atoms with Crippen LogP contribution < -0.4 is 4.90 Å². The first kappa shape index (κ1) is 15.5. The standard InChI is InChI=1S/C15H26N6/c1-12-10-13(11-16-15(19(2)3)20(4)5)18-14(17-12)21-8-6-7-9-21/h10H,6-9,11H2,1-5H3. The van der Waals surface area contributed by atoms with Gasteiger partial charge in [0.2, 0.25) is 5.95 Å². The Kier molecular flexibility index (Phi) is 4.98. The number of anilines is 1. The van der Waals surface area contributed by atoms with Crippen molar-refractivity contribution in [3.63, 3.8) is 0 Å². The highest BCUT2D eigenvalue weighted by Crippen LogP contribution is 2.17. The summed E-state index contributed by atoms with van der Waals surface area (Å²) in [5, 5.41) is 0. The maximum absolute atomic E-state index is 4.68. The smallest absolute Gasteiger partial charge is 0.225 e. The summed E-state index contributed by atoms with van der Waals surface area (Å²) in [7, 11) is 8.00. The van der Waals surface area contributed by atoms with Crippen molar-refractivity contribution >= 4 is 11.9 Å². The average molecular weight is 290 g/mol. The molecule has 0 saturated carbocycles. The summed E-state index contributed by atoms with van der Waals surface area (Å²) >= 11 is 0. The SMILES string of the molecule is Cc1cc(CN=C(N(C)C)N(C)C)nc(N2CCCC2)n1. The third-order valence-corrected chi connectivity index (χ3v) is 3.47. The Morgan fingerprint density at radius 2 is 1.76 bits per heavy atom. The van der Waals surface area contributed by atoms with Crippen molar-refractivity contribution in [3.05, 3.63) is 17.5 Å². The van der Waals surface area contributed by atoms with Crippen molar-refractivity contribution in [1.82, 2.24) is 19.8 Å². The van der Waals surface area contributed by atoms with E-state index in [0.29, 0.717) is 6.54 Å². The molecule has 1 aliphatic heterocycles. The third kappa shape index (κ3) is 4.06. The van der Waals surface area contributed by atoms with Crippen LogP contribution in [0.25, 0.3) is 0 Å². The lowest BCUT2D eigenvalue weighted by atomic mass is 10.3. The summed E-state index contributed by atoms with van der Waals surface area (Å²) in [5.74, 6) is 1.79. The number of aryl methyl sites for hydroxylation is 1. The Balaban J connectivity index is 2.18. The van der Waals surface area contributed by atoms with Gasteiger partial charge in [0, 0.05) is 47.0 Å². The molecule has 1 aliphatic rings. The van der Waals surface area contributed by atoms with Crippen molar-refractivity contribution in [2.24, 2.45) is 4.99 Å². The van der Waals surface area contributed by atoms with Crippen LogP contribution in [0.1, 0.15) is 24.2 Å². The molecule has 0 spiro atoms. The Hall–Kier alpha value is -1.85. The first-order valence-electron chi connectivity index (χ1n) is 7.46. The molecule has 0 aliphatic carbocycles. The molecule has 6 heteroatoms. The van der Waals surface area contributed by atoms with Gasteiger partial charge in [0.15, 0.2) is 5.96 Å². The number of aliphatic imine (C=N–C) groups is 1. The van der Waals surface area contributed by atoms with E-state index >= 15 is 0 Å². The van der Waals surface area contributed by atoms with E-state index in [1.165, 1.54) is 12.8 Å². The zero-order valence-corrected chi connectivity index (χ0v) is 13.8. The molecule has 1 fully saturated rings. The second-order valence-corrected chi connectivity index (χ2v) is 5.90. The van der Waals surface area contributed by atoms with Crippen LogP contribution in [0.2, 0.25) is 0 Å². The summed E-state index contributed by atoms with van der Waals surface area (Å²) in [6.45, 7) is 4.72. The van der Waals surface area contributed by atoms with E-state index in [4.69, 9.17) is 0 Å². The number of guanidine groups is 1. The van der Waals surface area contributed by atoms with Gasteiger partial charge >= 0.3 is 0 Å². The van der Waals surface area contributed by atoms with Crippen molar-refractivity contribution in [3.8, 4) is 0 Å². The Labute approximate surface area is 127 Å². The normalized spacial score (nSPS) is 14.2. The molecular weight excluding hydrogens is 264 g/mol. The van der Waals surface area contributed by atoms with Crippen LogP contribution in [0.3, 0.4) is 0 Å². The van der Waals surface area contributed by atoms with Crippen LogP contribution in [0.15, 0.2) is 11.1 Å². The van der Waals surface area contributed by atoms with Gasteiger partial charge in [-0.05, 0) is 25.8 Å². The topological polar surface area (TPSA) is 47.9 Å². The highest BCUT2D eigenvalue weighted by Gasteiger charge is 2.16. The summed E-state index contributed by atoms with van der Waals surface area (Å²) in [6, 6.07) is 2.02. The van der Waals surface area contributed by atoms with E-state index in [9.17, 15) is 0 Å². The predicted molar refractivity (Wildman–Crippen MR) is 86.7 cm³/mol. The molecule has 1 saturated heterocycles. The van der Waals surface area contributed by atoms with E-state index in [0.717, 1.165) is 36.4 Å². The summed E-state index contributed by atoms with van der Waals surface area (Å²) in [4.78, 5) is 20.2. The zero-order valence-electron chi connectivity index (χ0n) is 13.8. The number of hydrogen-bond acceptors (Lipinski definition) is 4. The summed E-state index contributed by atoms with van der Waals surface area (Å²) in [5.41, 5.74) is 1.99. The largest absolute Gasteiger partial charge is 0.349 e. The molecule has 0 radical (unpaired) electrons. The minimum atomic E-state index is 0.579. The molecule has 0 amide bonds. The lowest BCUT2D eigenvalue weighted by Crippen LogP contribution is -2.35. The average Bonchev–Trinajstić information content (AvgIpc) is 2.91. The number of hydrogen-bond donors (Lipinski definition) is 0. The van der Waals surface area contributed by atoms with E-state index in [1.54, 1.807) is 0 Å². The molecule has 0 N–H and O–H groups in total. The quantitative estimate of drug-likeness (QED) is 0.621. The molecular formula is C15H26N6. The first-order valence-corrected chi connectivity index (χ1v) is 7.46. The van der Waals surface area contributed by atoms with Gasteiger partial charge in [-0.15, -0.1) is 0 Å². The van der Waals surface area contributed by atoms with E-state index in [-0.39, 0.29) is 0 Å². The van der Waals surface area contributed by atoms with Crippen LogP contribution in [0.5, 0.6) is 0 Å². The summed E-state index contributed by atoms with van der Waals surface area (Å²) in [6.07, 6.45) is 2.46. The molecule has 0 atom stereocenters. The highest BCUT2D eigenvalue weighted by molar-refractivity contribution is 5.79. The lowest BCUT2D eigenvalue weighted by molar-refractivity contribution is 0.479. The fourth-order valence-electron chi connectivity index (χ4n) is 2.59. The van der Waals surface area contributed by atoms with E-state index in [1.807, 2.05) is 51.0 Å². The van der Waals surface area contributed by atoms with Gasteiger partial charge in [0.05, 0.1) is 12.2 Å². The zero-order chi connectivity index (χ0) is 15.4. The van der Waals surface area contributed by atoms with Gasteiger partial charge in [0.25, 0.3) is 0 Å². The van der Waals surface area contributed by atoms with Gasteiger partial charge < -0.3 is 14.7 Å². The maximum Gasteiger partial charge on any atom is 0.225 e. The fraction of sp³-hybridized carbons (Fsp3) is 0.667. The van der Waals surface area contributed by atoms with Crippen molar-refractivity contribution in [2.75, 3.05) is 46.2 Å². The van der Waals surface area contributed by atoms with Crippen LogP contribution in [0, 0.1) is 6.92 Å². The lowest BCUT2D eigenvalue weighted by Gasteiger charge is -2.22. The second kappa shape index (κ2) is 6.74. The summed E-state index contributed by atoms with van der Waals surface area (Å²) < 4.78 is 0. The van der Waals surface area contributed by atoms with Crippen molar-refractivity contribution in [1.29, 1.82) is 0 Å². The van der Waals surface area contributed by atoms with Crippen LogP contribution >= 0.6 is 0 Å². The second-order valence-electron chi connectivity index (χ2n) is 5.90. The molecule has 21 heavy (non-hydrogen) atoms. The third-order valence-electron chi connectivity index (χ3n) is 3.47. The van der Waals surface area contributed by atoms with E-state index < -0.39 is 0 Å².